The lowest BCUT2D eigenvalue weighted by Gasteiger charge is -2.28. The van der Waals surface area contributed by atoms with Gasteiger partial charge in [0.25, 0.3) is 10.0 Å². The number of pyridine rings is 1. The van der Waals surface area contributed by atoms with Gasteiger partial charge in [-0.3, -0.25) is 24.1 Å². The number of hydrogen-bond acceptors (Lipinski definition) is 27. The number of carbonyl (C=O) groups is 3. The van der Waals surface area contributed by atoms with Crippen molar-refractivity contribution in [1.29, 1.82) is 0 Å². The van der Waals surface area contributed by atoms with Crippen LogP contribution in [-0.2, 0) is 55.0 Å². The highest BCUT2D eigenvalue weighted by molar-refractivity contribution is 7.92. The van der Waals surface area contributed by atoms with Crippen LogP contribution in [0.1, 0.15) is 47.8 Å². The molecule has 1 saturated heterocycles. The minimum Gasteiger partial charge on any atom is -0.481 e. The van der Waals surface area contributed by atoms with Gasteiger partial charge < -0.3 is 92.1 Å². The number of rotatable bonds is 29. The lowest BCUT2D eigenvalue weighted by molar-refractivity contribution is -0.138. The van der Waals surface area contributed by atoms with Gasteiger partial charge in [0.1, 0.15) is 17.3 Å². The molecule has 0 aliphatic carbocycles. The van der Waals surface area contributed by atoms with Crippen LogP contribution >= 0.6 is 0 Å². The highest BCUT2D eigenvalue weighted by Crippen LogP contribution is 2.38. The first kappa shape index (κ1) is 95.9. The van der Waals surface area contributed by atoms with Crippen molar-refractivity contribution in [3.63, 3.8) is 0 Å². The summed E-state index contributed by atoms with van der Waals surface area (Å²) >= 11 is 0. The molecule has 0 radical (unpaired) electrons. The van der Waals surface area contributed by atoms with Crippen LogP contribution < -0.4 is 51.0 Å². The predicted octanol–water partition coefficient (Wildman–Crippen LogP) is 19.9. The van der Waals surface area contributed by atoms with E-state index < -0.39 is 22.0 Å². The second-order valence-corrected chi connectivity index (χ2v) is 35.3. The fraction of sp³-hybridized carbons (Fsp3) is 0.130. The zero-order valence-electron chi connectivity index (χ0n) is 78.7. The van der Waals surface area contributed by atoms with E-state index in [0.717, 1.165) is 134 Å². The molecular weight excluding hydrogens is 1880 g/mol. The van der Waals surface area contributed by atoms with Gasteiger partial charge in [0, 0.05) is 201 Å². The number of nitrogens with zero attached hydrogens (tertiary/aromatic N) is 17. The van der Waals surface area contributed by atoms with Crippen molar-refractivity contribution < 1.29 is 60.4 Å². The average molecular weight is 1970 g/mol. The number of sulfonamides is 1. The van der Waals surface area contributed by atoms with Crippen molar-refractivity contribution in [2.75, 3.05) is 81.2 Å². The highest BCUT2D eigenvalue weighted by Gasteiger charge is 2.23. The second-order valence-electron chi connectivity index (χ2n) is 33.6. The van der Waals surface area contributed by atoms with Crippen molar-refractivity contribution in [3.05, 3.63) is 376 Å². The average Bonchev–Trinajstić information content (AvgIpc) is 1.62. The Hall–Kier alpha value is -19.0. The van der Waals surface area contributed by atoms with Gasteiger partial charge in [-0.1, -0.05) is 84.4 Å². The molecule has 0 unspecified atom stereocenters. The molecule has 732 valence electrons. The van der Waals surface area contributed by atoms with Crippen LogP contribution in [0.25, 0.3) is 84.7 Å². The van der Waals surface area contributed by atoms with Crippen LogP contribution in [0.2, 0.25) is 0 Å². The van der Waals surface area contributed by atoms with Crippen LogP contribution in [-0.4, -0.2) is 153 Å². The predicted molar refractivity (Wildman–Crippen MR) is 553 cm³/mol. The van der Waals surface area contributed by atoms with Gasteiger partial charge in [0.05, 0.1) is 60.0 Å². The van der Waals surface area contributed by atoms with E-state index >= 15 is 0 Å². The van der Waals surface area contributed by atoms with E-state index in [-0.39, 0.29) is 36.3 Å². The molecule has 1 fully saturated rings. The van der Waals surface area contributed by atoms with Crippen LogP contribution in [0.4, 0.5) is 67.6 Å². The third-order valence-electron chi connectivity index (χ3n) is 23.4. The number of hydrogen-bond donors (Lipinski definition) is 9. The number of anilines is 11. The van der Waals surface area contributed by atoms with E-state index in [1.807, 2.05) is 218 Å². The third kappa shape index (κ3) is 24.0. The lowest BCUT2D eigenvalue weighted by atomic mass is 10.1. The van der Waals surface area contributed by atoms with Crippen molar-refractivity contribution in [2.24, 2.45) is 0 Å². The lowest BCUT2D eigenvalue weighted by Crippen LogP contribution is -2.36. The van der Waals surface area contributed by atoms with Crippen LogP contribution in [0.5, 0.6) is 11.5 Å². The van der Waals surface area contributed by atoms with Gasteiger partial charge in [-0.2, -0.15) is 0 Å². The maximum Gasteiger partial charge on any atom is 0.303 e. The van der Waals surface area contributed by atoms with E-state index in [2.05, 4.69) is 101 Å². The topological polar surface area (TPSA) is 431 Å². The van der Waals surface area contributed by atoms with Gasteiger partial charge in [-0.05, 0) is 188 Å². The van der Waals surface area contributed by atoms with Crippen LogP contribution in [0.3, 0.4) is 0 Å². The number of aromatic nitrogens is 16. The Labute approximate surface area is 834 Å². The fourth-order valence-electron chi connectivity index (χ4n) is 16.0. The molecule has 1 amide bonds. The molecule has 0 bridgehead atoms. The second kappa shape index (κ2) is 44.7. The van der Waals surface area contributed by atoms with Gasteiger partial charge in [0.15, 0.2) is 74.6 Å². The highest BCUT2D eigenvalue weighted by atomic mass is 32.2. The molecule has 13 aromatic heterocycles. The smallest absolute Gasteiger partial charge is 0.303 e. The molecule has 9 N–H and O–H groups in total. The molecule has 23 rings (SSSR count). The summed E-state index contributed by atoms with van der Waals surface area (Å²) in [6.07, 6.45) is 36.2. The van der Waals surface area contributed by atoms with E-state index in [4.69, 9.17) is 53.2 Å². The first-order valence-electron chi connectivity index (χ1n) is 46.5. The molecular formula is C108H95FN24O12S. The Kier molecular flexibility index (Phi) is 29.3. The molecule has 8 aromatic carbocycles. The zero-order chi connectivity index (χ0) is 100. The number of aliphatic carboxylic acids is 2. The number of benzene rings is 8. The molecule has 0 spiro atoms. The number of halogens is 1. The molecule has 2 aliphatic rings. The fourth-order valence-corrected chi connectivity index (χ4v) is 17.0. The monoisotopic (exact) mass is 1970 g/mol. The summed E-state index contributed by atoms with van der Waals surface area (Å²) in [6, 6.07) is 68.5. The molecule has 38 heteroatoms. The number of ether oxygens (including phenoxy) is 3. The van der Waals surface area contributed by atoms with Gasteiger partial charge >= 0.3 is 11.9 Å². The largest absolute Gasteiger partial charge is 0.481 e. The summed E-state index contributed by atoms with van der Waals surface area (Å²) in [5.74, 6) is 4.10. The standard InChI is InChI=1S/C28H25N5O4S.C21H17N5O3.C20H19N5O2.C20H18N4O3.C19H16FN5/c1-19-2-13-24(14-3-19)38(36,37)32-23-11-9-22(10-12-23)30-27-28-29-16-17-33(28)18-25(31-27)21-7-4-20(5-8-21)6-15-26(34)35;1-13(27)23-15-3-5-16(6-4-15)24-20-21-22-8-9-26(21)11-17(25-20)14-2-7-18-19(10-14)29-12-28-18;1-2-18(27-11-1)17-14-25-8-7-21-20(25)19(23-17)22-15-3-5-16(6-4-15)24-9-12-26-13-10-24;25-18(26)8-5-14-3-6-15(7-4-14)17-13-24-10-9-21-20(24)19(23-17)22-12-16-2-1-11-27-16;20-16-6-2-1-5-15(16)17-13-25-11-10-23-19(25)18(24-17)22-9-7-14-4-3-8-21-12-14/h2-5,7-14,16-18,32H,6,15H2,1H3,(H,30,31)(H,34,35);2-11H,12H2,1H3,(H,23,27)(H,24,25);1-8,11,14H,9-10,12-13H2,(H,22,23);1-4,6-7,9-11,13H,5,8,12H2,(H,22,23)(H,25,26);1-6,8,10-13H,7,9H2,(H,22,24). The van der Waals surface area contributed by atoms with Crippen molar-refractivity contribution in [1.82, 2.24) is 76.8 Å². The number of carbonyl (C=O) groups excluding carboxylic acids is 1. The van der Waals surface area contributed by atoms with E-state index in [1.54, 1.807) is 123 Å². The SMILES string of the molecule is CC(=O)Nc1ccc(Nc2nc(-c3ccc4c(c3)OCO4)cn3ccnc23)cc1.Cc1ccc(S(=O)(=O)Nc2ccc(Nc3nc(-c4ccc(CCC(=O)O)cc4)cn4ccnc34)cc2)cc1.Fc1ccccc1-c1cn2ccnc2c(NCCc2cccnc2)n1.O=C(O)CCc1ccc(-c2cn3ccnc3c(NCc3ccco3)n2)cc1.c1coc(-c2cn3ccnc3c(Nc3ccc(N4CCOCC4)cc3)n2)c1. The number of imidazole rings is 5. The number of fused-ring (bicyclic) bond motifs is 6. The van der Waals surface area contributed by atoms with Crippen molar-refractivity contribution >= 4 is 119 Å². The number of furan rings is 2. The summed E-state index contributed by atoms with van der Waals surface area (Å²) < 4.78 is 78.7. The first-order valence-corrected chi connectivity index (χ1v) is 48.0. The zero-order valence-corrected chi connectivity index (χ0v) is 79.5. The van der Waals surface area contributed by atoms with Crippen molar-refractivity contribution in [2.45, 2.75) is 57.4 Å². The third-order valence-corrected chi connectivity index (χ3v) is 24.8. The Balaban J connectivity index is 0.000000116. The minimum absolute atomic E-state index is 0.0822. The quantitative estimate of drug-likeness (QED) is 0.0210. The van der Waals surface area contributed by atoms with Crippen LogP contribution in [0.15, 0.2) is 356 Å². The van der Waals surface area contributed by atoms with E-state index in [0.29, 0.717) is 106 Å². The molecule has 2 aliphatic heterocycles. The number of aryl methyl sites for hydroxylation is 3. The number of nitrogens with one attached hydrogen (secondary N) is 7. The maximum atomic E-state index is 14.1. The molecule has 146 heavy (non-hydrogen) atoms. The molecule has 21 aromatic rings. The summed E-state index contributed by atoms with van der Waals surface area (Å²) in [4.78, 5) is 84.8. The van der Waals surface area contributed by atoms with Gasteiger partial charge in [0.2, 0.25) is 12.7 Å². The first-order chi connectivity index (χ1) is 71.3. The Morgan fingerprint density at radius 2 is 0.911 bits per heavy atom. The summed E-state index contributed by atoms with van der Waals surface area (Å²) in [7, 11) is -3.70. The molecule has 0 atom stereocenters. The van der Waals surface area contributed by atoms with Crippen LogP contribution in [0, 0.1) is 12.7 Å². The van der Waals surface area contributed by atoms with Gasteiger partial charge in [-0.25, -0.2) is 62.6 Å². The summed E-state index contributed by atoms with van der Waals surface area (Å²) in [5.41, 5.74) is 19.3. The summed E-state index contributed by atoms with van der Waals surface area (Å²) in [6.45, 7) is 8.21. The molecule has 36 nitrogen and oxygen atoms in total. The number of morpholine rings is 1. The Bertz CT molecular complexity index is 8220. The molecule has 0 saturated carbocycles. The minimum atomic E-state index is -3.70. The number of carboxylic acid groups (broad SMARTS) is 2. The van der Waals surface area contributed by atoms with Gasteiger partial charge in [-0.15, -0.1) is 0 Å². The molecule has 15 heterocycles. The Morgan fingerprint density at radius 3 is 1.43 bits per heavy atom. The number of amides is 1. The summed E-state index contributed by atoms with van der Waals surface area (Å²) in [5, 5.41) is 37.0. The van der Waals surface area contributed by atoms with Crippen molar-refractivity contribution in [3.8, 4) is 68.0 Å². The Morgan fingerprint density at radius 1 is 0.438 bits per heavy atom. The van der Waals surface area contributed by atoms with E-state index in [9.17, 15) is 27.2 Å². The number of carboxylic acids is 2. The normalized spacial score (nSPS) is 12.0. The van der Waals surface area contributed by atoms with E-state index in [1.165, 1.54) is 18.7 Å². The maximum absolute atomic E-state index is 14.1.